The van der Waals surface area contributed by atoms with Crippen molar-refractivity contribution in [1.82, 2.24) is 4.90 Å². The van der Waals surface area contributed by atoms with Crippen LogP contribution in [-0.2, 0) is 19.1 Å². The molecule has 0 spiro atoms. The quantitative estimate of drug-likeness (QED) is 0.0346. The van der Waals surface area contributed by atoms with E-state index >= 15 is 0 Å². The molecule has 0 unspecified atom stereocenters. The summed E-state index contributed by atoms with van der Waals surface area (Å²) in [4.78, 5) is 27.0. The predicted octanol–water partition coefficient (Wildman–Crippen LogP) is 17.9. The van der Waals surface area contributed by atoms with E-state index in [4.69, 9.17) is 9.47 Å². The number of esters is 2. The smallest absolute Gasteiger partial charge is 0.306 e. The topological polar surface area (TPSA) is 55.8 Å². The van der Waals surface area contributed by atoms with Crippen molar-refractivity contribution in [3.05, 3.63) is 24.3 Å². The average Bonchev–Trinajstić information content (AvgIpc) is 3.26. The molecule has 0 amide bonds. The first-order chi connectivity index (χ1) is 30.4. The molecule has 0 fully saturated rings. The molecule has 366 valence electrons. The molecule has 0 aliphatic heterocycles. The first kappa shape index (κ1) is 60.4. The van der Waals surface area contributed by atoms with Crippen molar-refractivity contribution in [2.45, 2.75) is 278 Å². The molecule has 0 heterocycles. The molecule has 0 aromatic heterocycles. The Kier molecular flexibility index (Phi) is 47.6. The van der Waals surface area contributed by atoms with E-state index in [2.05, 4.69) is 71.0 Å². The minimum absolute atomic E-state index is 0.0360. The Morgan fingerprint density at radius 2 is 0.661 bits per heavy atom. The highest BCUT2D eigenvalue weighted by atomic mass is 16.5. The van der Waals surface area contributed by atoms with Gasteiger partial charge in [-0.25, -0.2) is 0 Å². The number of hydrogen-bond acceptors (Lipinski definition) is 5. The molecule has 0 saturated carbocycles. The fraction of sp³-hybridized carbons (Fsp3) is 0.895. The average molecular weight is 873 g/mol. The zero-order chi connectivity index (χ0) is 45.4. The number of carbonyl (C=O) groups is 2. The molecule has 0 aromatic carbocycles. The second-order valence-corrected chi connectivity index (χ2v) is 19.7. The van der Waals surface area contributed by atoms with E-state index in [0.717, 1.165) is 56.3 Å². The van der Waals surface area contributed by atoms with Gasteiger partial charge in [0.05, 0.1) is 0 Å². The second-order valence-electron chi connectivity index (χ2n) is 19.7. The monoisotopic (exact) mass is 872 g/mol. The third kappa shape index (κ3) is 45.0. The molecule has 5 heteroatoms. The molecule has 0 radical (unpaired) electrons. The summed E-state index contributed by atoms with van der Waals surface area (Å²) < 4.78 is 11.1. The number of unbranched alkanes of at least 4 members (excludes halogenated alkanes) is 21. The molecule has 5 nitrogen and oxygen atoms in total. The number of ether oxygens (including phenoxy) is 2. The van der Waals surface area contributed by atoms with Crippen LogP contribution in [0.25, 0.3) is 0 Å². The van der Waals surface area contributed by atoms with E-state index < -0.39 is 0 Å². The van der Waals surface area contributed by atoms with Crippen LogP contribution in [0.4, 0.5) is 0 Å². The molecule has 0 N–H and O–H groups in total. The Balaban J connectivity index is 4.24. The summed E-state index contributed by atoms with van der Waals surface area (Å²) in [5.74, 6) is 2.32. The minimum atomic E-state index is -0.0360. The van der Waals surface area contributed by atoms with Gasteiger partial charge in [0.1, 0.15) is 13.2 Å². The summed E-state index contributed by atoms with van der Waals surface area (Å²) in [6, 6.07) is 0. The zero-order valence-electron chi connectivity index (χ0n) is 42.8. The fourth-order valence-corrected chi connectivity index (χ4v) is 9.10. The van der Waals surface area contributed by atoms with E-state index in [1.54, 1.807) is 0 Å². The first-order valence-corrected chi connectivity index (χ1v) is 27.6. The summed E-state index contributed by atoms with van der Waals surface area (Å²) in [5.41, 5.74) is 0. The maximum absolute atomic E-state index is 12.4. The van der Waals surface area contributed by atoms with Crippen molar-refractivity contribution >= 4 is 11.9 Å². The summed E-state index contributed by atoms with van der Waals surface area (Å²) in [7, 11) is 4.35. The summed E-state index contributed by atoms with van der Waals surface area (Å²) >= 11 is 0. The van der Waals surface area contributed by atoms with Gasteiger partial charge in [0.15, 0.2) is 0 Å². The van der Waals surface area contributed by atoms with Gasteiger partial charge in [-0.15, -0.1) is 0 Å². The van der Waals surface area contributed by atoms with E-state index in [1.807, 2.05) is 0 Å². The van der Waals surface area contributed by atoms with Crippen molar-refractivity contribution in [2.24, 2.45) is 17.8 Å². The first-order valence-electron chi connectivity index (χ1n) is 27.6. The maximum Gasteiger partial charge on any atom is 0.306 e. The van der Waals surface area contributed by atoms with Crippen LogP contribution in [0.2, 0.25) is 0 Å². The van der Waals surface area contributed by atoms with Gasteiger partial charge in [0.2, 0.25) is 0 Å². The van der Waals surface area contributed by atoms with Gasteiger partial charge in [-0.1, -0.05) is 257 Å². The van der Waals surface area contributed by atoms with Crippen LogP contribution in [-0.4, -0.2) is 50.7 Å². The minimum Gasteiger partial charge on any atom is -0.461 e. The third-order valence-electron chi connectivity index (χ3n) is 13.3. The fourth-order valence-electron chi connectivity index (χ4n) is 9.10. The van der Waals surface area contributed by atoms with E-state index in [1.165, 1.54) is 206 Å². The lowest BCUT2D eigenvalue weighted by Gasteiger charge is -2.18. The van der Waals surface area contributed by atoms with Gasteiger partial charge in [0, 0.05) is 12.8 Å². The molecule has 0 aromatic rings. The number of rotatable bonds is 49. The van der Waals surface area contributed by atoms with Gasteiger partial charge >= 0.3 is 11.9 Å². The molecule has 0 aliphatic rings. The molecule has 0 bridgehead atoms. The third-order valence-corrected chi connectivity index (χ3v) is 13.3. The Morgan fingerprint density at radius 1 is 0.371 bits per heavy atom. The second kappa shape index (κ2) is 48.8. The normalized spacial score (nSPS) is 12.1. The van der Waals surface area contributed by atoms with Crippen molar-refractivity contribution in [3.63, 3.8) is 0 Å². The summed E-state index contributed by atoms with van der Waals surface area (Å²) in [6.45, 7) is 11.2. The van der Waals surface area contributed by atoms with Crippen LogP contribution in [0.1, 0.15) is 278 Å². The van der Waals surface area contributed by atoms with Crippen LogP contribution >= 0.6 is 0 Å². The van der Waals surface area contributed by atoms with Crippen molar-refractivity contribution in [2.75, 3.05) is 33.9 Å². The van der Waals surface area contributed by atoms with E-state index in [0.29, 0.717) is 26.1 Å². The van der Waals surface area contributed by atoms with Gasteiger partial charge < -0.3 is 14.4 Å². The van der Waals surface area contributed by atoms with Crippen LogP contribution in [0.15, 0.2) is 24.3 Å². The highest BCUT2D eigenvalue weighted by Crippen LogP contribution is 2.26. The van der Waals surface area contributed by atoms with Crippen LogP contribution < -0.4 is 0 Å². The standard InChI is InChI=1S/C57H109NO4/c1-7-11-15-25-39-54(40-26-16-12-8-2)46-34-37-51-61-56(59)48-31-23-19-21-29-43-53(45-33-36-50-58(5)6)44-30-22-20-24-32-49-57(60)62-52-38-35-47-55(41-27-17-13-9-3)42-28-18-14-10-4/h34-35,37-38,53-55H,7-33,36,39-52H2,1-6H3/b37-34-,38-35-. The van der Waals surface area contributed by atoms with Crippen LogP contribution in [0.5, 0.6) is 0 Å². The Hall–Kier alpha value is -1.62. The largest absolute Gasteiger partial charge is 0.461 e. The van der Waals surface area contributed by atoms with Gasteiger partial charge in [-0.3, -0.25) is 9.59 Å². The van der Waals surface area contributed by atoms with E-state index in [-0.39, 0.29) is 11.9 Å². The predicted molar refractivity (Wildman–Crippen MR) is 272 cm³/mol. The molecular weight excluding hydrogens is 763 g/mol. The van der Waals surface area contributed by atoms with Gasteiger partial charge in [0.25, 0.3) is 0 Å². The Bertz CT molecular complexity index is 897. The maximum atomic E-state index is 12.4. The lowest BCUT2D eigenvalue weighted by molar-refractivity contribution is -0.143. The lowest BCUT2D eigenvalue weighted by atomic mass is 9.90. The molecule has 0 atom stereocenters. The Labute approximate surface area is 388 Å². The van der Waals surface area contributed by atoms with Crippen LogP contribution in [0.3, 0.4) is 0 Å². The molecule has 0 rings (SSSR count). The number of hydrogen-bond donors (Lipinski definition) is 0. The highest BCUT2D eigenvalue weighted by molar-refractivity contribution is 5.69. The van der Waals surface area contributed by atoms with Crippen LogP contribution in [0, 0.1) is 17.8 Å². The number of nitrogens with zero attached hydrogens (tertiary/aromatic N) is 1. The zero-order valence-corrected chi connectivity index (χ0v) is 42.8. The number of allylic oxidation sites excluding steroid dienone is 2. The SMILES string of the molecule is CCCCCCC(C/C=C\COC(=O)CCCCCCCC(CCCCCCCC(=O)OC/C=C\CC(CCCCCC)CCCCCC)CCCCN(C)C)CCCCCC. The molecular formula is C57H109NO4. The number of carbonyl (C=O) groups excluding carboxylic acids is 2. The molecule has 0 saturated heterocycles. The van der Waals surface area contributed by atoms with Crippen molar-refractivity contribution in [3.8, 4) is 0 Å². The summed E-state index contributed by atoms with van der Waals surface area (Å²) in [5, 5.41) is 0. The van der Waals surface area contributed by atoms with Gasteiger partial charge in [-0.2, -0.15) is 0 Å². The Morgan fingerprint density at radius 3 is 1.00 bits per heavy atom. The molecule has 62 heavy (non-hydrogen) atoms. The van der Waals surface area contributed by atoms with Crippen molar-refractivity contribution in [1.29, 1.82) is 0 Å². The summed E-state index contributed by atoms with van der Waals surface area (Å²) in [6.07, 6.45) is 57.3. The van der Waals surface area contributed by atoms with Gasteiger partial charge in [-0.05, 0) is 70.5 Å². The lowest BCUT2D eigenvalue weighted by Crippen LogP contribution is -2.13. The molecule has 0 aliphatic carbocycles. The van der Waals surface area contributed by atoms with E-state index in [9.17, 15) is 9.59 Å². The highest BCUT2D eigenvalue weighted by Gasteiger charge is 2.11. The van der Waals surface area contributed by atoms with Crippen molar-refractivity contribution < 1.29 is 19.1 Å².